The highest BCUT2D eigenvalue weighted by molar-refractivity contribution is 7.99. The molecule has 0 saturated heterocycles. The number of alkyl carbamates (subject to hydrolysis) is 1. The highest BCUT2D eigenvalue weighted by Gasteiger charge is 2.37. The van der Waals surface area contributed by atoms with Crippen LogP contribution < -0.4 is 16.4 Å². The zero-order valence-electron chi connectivity index (χ0n) is 37.0. The summed E-state index contributed by atoms with van der Waals surface area (Å²) >= 11 is 1.29. The summed E-state index contributed by atoms with van der Waals surface area (Å²) in [4.78, 5) is 54.2. The molecular weight excluding hydrogens is 821 g/mol. The number of nitrogens with zero attached hydrogens (tertiary/aromatic N) is 2. The molecule has 60 heavy (non-hydrogen) atoms. The van der Waals surface area contributed by atoms with Crippen LogP contribution in [0.1, 0.15) is 50.9 Å². The van der Waals surface area contributed by atoms with Gasteiger partial charge in [0.05, 0.1) is 25.0 Å². The molecule has 0 fully saturated rings. The highest BCUT2D eigenvalue weighted by Crippen LogP contribution is 2.41. The van der Waals surface area contributed by atoms with E-state index in [4.69, 9.17) is 15.2 Å². The molecule has 1 heterocycles. The highest BCUT2D eigenvalue weighted by atomic mass is 32.2. The number of hydrogen-bond acceptors (Lipinski definition) is 8. The summed E-state index contributed by atoms with van der Waals surface area (Å²) < 4.78 is 42.5. The third-order valence-electron chi connectivity index (χ3n) is 9.68. The number of amides is 3. The zero-order chi connectivity index (χ0) is 44.7. The van der Waals surface area contributed by atoms with Crippen LogP contribution in [0.15, 0.2) is 60.8 Å². The van der Waals surface area contributed by atoms with Gasteiger partial charge in [-0.1, -0.05) is 90.4 Å². The number of halogens is 2. The molecule has 2 atom stereocenters. The number of thioether (sulfide) groups is 1. The molecule has 0 spiro atoms. The predicted octanol–water partition coefficient (Wildman–Crippen LogP) is 8.30. The smallest absolute Gasteiger partial charge is 0.407 e. The first-order chi connectivity index (χ1) is 28.1. The number of aromatic nitrogens is 1. The van der Waals surface area contributed by atoms with Gasteiger partial charge in [0.1, 0.15) is 17.7 Å². The number of nitrogens with one attached hydrogen (secondary N) is 2. The van der Waals surface area contributed by atoms with Gasteiger partial charge in [-0.2, -0.15) is 11.8 Å². The van der Waals surface area contributed by atoms with Crippen molar-refractivity contribution in [2.45, 2.75) is 104 Å². The van der Waals surface area contributed by atoms with E-state index in [1.165, 1.54) is 17.8 Å². The molecule has 0 aliphatic rings. The number of carbonyl (C=O) groups excluding carboxylic acids is 4. The lowest BCUT2D eigenvalue weighted by Gasteiger charge is -2.41. The third-order valence-corrected chi connectivity index (χ3v) is 14.0. The van der Waals surface area contributed by atoms with Crippen LogP contribution in [0.2, 0.25) is 51.4 Å². The third kappa shape index (κ3) is 17.5. The maximum atomic E-state index is 15.3. The molecule has 3 rings (SSSR count). The Morgan fingerprint density at radius 1 is 0.917 bits per heavy atom. The van der Waals surface area contributed by atoms with Crippen molar-refractivity contribution in [1.82, 2.24) is 20.1 Å². The summed E-state index contributed by atoms with van der Waals surface area (Å²) in [5.41, 5.74) is 7.52. The molecule has 1 aromatic heterocycles. The van der Waals surface area contributed by atoms with Gasteiger partial charge in [0.25, 0.3) is 0 Å². The van der Waals surface area contributed by atoms with Gasteiger partial charge in [-0.15, -0.1) is 0 Å². The van der Waals surface area contributed by atoms with Crippen LogP contribution in [0.25, 0.3) is 11.1 Å². The Bertz CT molecular complexity index is 1860. The van der Waals surface area contributed by atoms with E-state index in [-0.39, 0.29) is 55.8 Å². The fourth-order valence-electron chi connectivity index (χ4n) is 6.40. The van der Waals surface area contributed by atoms with Crippen molar-refractivity contribution in [3.63, 3.8) is 0 Å². The quantitative estimate of drug-likeness (QED) is 0.0490. The molecule has 0 aliphatic heterocycles. The number of ether oxygens (including phenoxy) is 2. The summed E-state index contributed by atoms with van der Waals surface area (Å²) in [6.45, 7) is 20.7. The molecule has 2 unspecified atom stereocenters. The molecule has 2 aromatic carbocycles. The van der Waals surface area contributed by atoms with Crippen LogP contribution >= 0.6 is 11.8 Å². The number of esters is 1. The zero-order valence-corrected chi connectivity index (χ0v) is 39.8. The molecule has 4 N–H and O–H groups in total. The molecule has 0 saturated carbocycles. The van der Waals surface area contributed by atoms with Crippen LogP contribution in [0, 0.1) is 17.0 Å². The number of benzene rings is 2. The number of hydrogen-bond donors (Lipinski definition) is 3. The van der Waals surface area contributed by atoms with E-state index < -0.39 is 57.3 Å². The first-order valence-corrected chi connectivity index (χ1v) is 29.3. The second-order valence-corrected chi connectivity index (χ2v) is 31.0. The second kappa shape index (κ2) is 23.3. The van der Waals surface area contributed by atoms with Crippen LogP contribution in [-0.4, -0.2) is 99.9 Å². The van der Waals surface area contributed by atoms with Crippen LogP contribution in [-0.2, 0) is 30.4 Å². The maximum absolute atomic E-state index is 15.3. The number of nitrogens with two attached hydrogens (primary N) is 1. The van der Waals surface area contributed by atoms with Gasteiger partial charge in [-0.25, -0.2) is 18.4 Å². The molecule has 3 aromatic rings. The Morgan fingerprint density at radius 2 is 1.57 bits per heavy atom. The standard InChI is InChI=1S/C44H67F2N5O6SSi2/c1-44(2,3)41(38-26-33(35-27-34(45)16-17-36(35)46)30-50(38)29-32-14-11-10-12-15-32)51(20-13-19-48-43(55)57-22-25-60(7,8)9)40(53)31-58-23-18-39(52)49-37(28-47)42(54)56-21-24-59(4,5)6/h10-12,14-17,26-27,30,37,41H,13,18-25,28-29,31,47H2,1-9H3,(H,48,55)(H,49,52). The Hall–Kier alpha value is -4.00. The Morgan fingerprint density at radius 3 is 2.18 bits per heavy atom. The number of carbonyl (C=O) groups is 4. The van der Waals surface area contributed by atoms with E-state index in [1.807, 2.05) is 61.7 Å². The lowest BCUT2D eigenvalue weighted by molar-refractivity contribution is -0.147. The van der Waals surface area contributed by atoms with Gasteiger partial charge in [-0.3, -0.25) is 9.59 Å². The van der Waals surface area contributed by atoms with Crippen molar-refractivity contribution < 1.29 is 37.4 Å². The molecule has 16 heteroatoms. The minimum Gasteiger partial charge on any atom is -0.464 e. The molecule has 0 aliphatic carbocycles. The summed E-state index contributed by atoms with van der Waals surface area (Å²) in [7, 11) is -2.81. The average molecular weight is 888 g/mol. The molecule has 11 nitrogen and oxygen atoms in total. The fraction of sp³-hybridized carbons (Fsp3) is 0.545. The lowest BCUT2D eigenvalue weighted by Crippen LogP contribution is -2.47. The Labute approximate surface area is 361 Å². The molecular formula is C44H67F2N5O6SSi2. The van der Waals surface area contributed by atoms with Gasteiger partial charge in [-0.05, 0) is 53.8 Å². The monoisotopic (exact) mass is 887 g/mol. The summed E-state index contributed by atoms with van der Waals surface area (Å²) in [5, 5.41) is 5.48. The van der Waals surface area contributed by atoms with Crippen molar-refractivity contribution in [1.29, 1.82) is 0 Å². The molecule has 3 amide bonds. The fourth-order valence-corrected chi connectivity index (χ4v) is 8.64. The van der Waals surface area contributed by atoms with E-state index in [0.29, 0.717) is 30.9 Å². The molecule has 0 radical (unpaired) electrons. The summed E-state index contributed by atoms with van der Waals surface area (Å²) in [6.07, 6.45) is 1.74. The van der Waals surface area contributed by atoms with Gasteiger partial charge in [0.15, 0.2) is 0 Å². The predicted molar refractivity (Wildman–Crippen MR) is 243 cm³/mol. The Kier molecular flexibility index (Phi) is 19.5. The minimum absolute atomic E-state index is 0.0375. The van der Waals surface area contributed by atoms with E-state index >= 15 is 4.39 Å². The topological polar surface area (TPSA) is 145 Å². The lowest BCUT2D eigenvalue weighted by atomic mass is 9.83. The SMILES string of the molecule is CC(C)(C)C(c1cc(-c2cc(F)ccc2F)cn1Cc1ccccc1)N(CCCNC(=O)OCC[Si](C)(C)C)C(=O)CSCCC(=O)NC(CN)C(=O)OCC[Si](C)(C)C. The largest absolute Gasteiger partial charge is 0.464 e. The van der Waals surface area contributed by atoms with Crippen molar-refractivity contribution >= 4 is 51.8 Å². The van der Waals surface area contributed by atoms with Crippen molar-refractivity contribution in [2.24, 2.45) is 11.1 Å². The van der Waals surface area contributed by atoms with E-state index in [2.05, 4.69) is 49.9 Å². The average Bonchev–Trinajstić information content (AvgIpc) is 3.55. The van der Waals surface area contributed by atoms with Crippen LogP contribution in [0.4, 0.5) is 13.6 Å². The van der Waals surface area contributed by atoms with Gasteiger partial charge < -0.3 is 35.3 Å². The van der Waals surface area contributed by atoms with Crippen molar-refractivity contribution in [3.8, 4) is 11.1 Å². The first kappa shape index (κ1) is 50.4. The van der Waals surface area contributed by atoms with Crippen LogP contribution in [0.5, 0.6) is 0 Å². The Balaban J connectivity index is 1.86. The first-order valence-electron chi connectivity index (χ1n) is 20.7. The minimum atomic E-state index is -1.42. The van der Waals surface area contributed by atoms with Crippen LogP contribution in [0.3, 0.4) is 0 Å². The molecule has 332 valence electrons. The van der Waals surface area contributed by atoms with Crippen molar-refractivity contribution in [3.05, 3.63) is 83.7 Å². The van der Waals surface area contributed by atoms with E-state index in [9.17, 15) is 23.6 Å². The van der Waals surface area contributed by atoms with Gasteiger partial charge in [0.2, 0.25) is 11.8 Å². The van der Waals surface area contributed by atoms with E-state index in [0.717, 1.165) is 35.5 Å². The van der Waals surface area contributed by atoms with Gasteiger partial charge >= 0.3 is 12.1 Å². The molecule has 0 bridgehead atoms. The van der Waals surface area contributed by atoms with E-state index in [1.54, 1.807) is 11.1 Å². The number of rotatable bonds is 23. The normalized spacial score (nSPS) is 13.0. The second-order valence-electron chi connectivity index (χ2n) is 18.6. The summed E-state index contributed by atoms with van der Waals surface area (Å²) in [6, 6.07) is 15.1. The maximum Gasteiger partial charge on any atom is 0.407 e. The van der Waals surface area contributed by atoms with Gasteiger partial charge in [0, 0.05) is 77.5 Å². The van der Waals surface area contributed by atoms with Crippen molar-refractivity contribution in [2.75, 3.05) is 44.4 Å². The summed E-state index contributed by atoms with van der Waals surface area (Å²) in [5.74, 6) is -1.95.